The van der Waals surface area contributed by atoms with Crippen LogP contribution in [0.4, 0.5) is 9.59 Å². The molecule has 0 saturated carbocycles. The maximum atomic E-state index is 12.4. The number of terminal acetylenes is 2. The number of amides is 2. The quantitative estimate of drug-likeness (QED) is 0.592. The monoisotopic (exact) mass is 322 g/mol. The summed E-state index contributed by atoms with van der Waals surface area (Å²) in [5.74, 6) is 4.75. The summed E-state index contributed by atoms with van der Waals surface area (Å²) in [4.78, 5) is 24.7. The summed E-state index contributed by atoms with van der Waals surface area (Å²) in [5.41, 5.74) is -1.45. The summed E-state index contributed by atoms with van der Waals surface area (Å²) >= 11 is 0. The van der Waals surface area contributed by atoms with Crippen molar-refractivity contribution in [1.82, 2.24) is 10.0 Å². The van der Waals surface area contributed by atoms with E-state index in [1.807, 2.05) is 0 Å². The third-order valence-corrected chi connectivity index (χ3v) is 2.21. The van der Waals surface area contributed by atoms with Crippen LogP contribution in [0.2, 0.25) is 0 Å². The number of carbonyl (C=O) groups is 2. The van der Waals surface area contributed by atoms with E-state index in [0.717, 1.165) is 10.0 Å². The van der Waals surface area contributed by atoms with Gasteiger partial charge in [-0.2, -0.15) is 0 Å². The van der Waals surface area contributed by atoms with Crippen LogP contribution in [0.25, 0.3) is 0 Å². The van der Waals surface area contributed by atoms with E-state index < -0.39 is 23.4 Å². The van der Waals surface area contributed by atoms with E-state index in [2.05, 4.69) is 11.8 Å². The molecule has 0 heterocycles. The largest absolute Gasteiger partial charge is 0.442 e. The highest BCUT2D eigenvalue weighted by Gasteiger charge is 2.32. The van der Waals surface area contributed by atoms with Crippen molar-refractivity contribution >= 4 is 12.2 Å². The van der Waals surface area contributed by atoms with E-state index in [1.165, 1.54) is 0 Å². The normalized spacial score (nSPS) is 11.0. The molecule has 0 aliphatic carbocycles. The number of hydrazine groups is 1. The van der Waals surface area contributed by atoms with Gasteiger partial charge >= 0.3 is 12.2 Å². The lowest BCUT2D eigenvalue weighted by Gasteiger charge is -2.35. The molecular formula is C17H26N2O4. The Labute approximate surface area is 139 Å². The molecule has 0 rings (SSSR count). The Morgan fingerprint density at radius 2 is 1.30 bits per heavy atom. The van der Waals surface area contributed by atoms with Crippen LogP contribution in [0.5, 0.6) is 0 Å². The van der Waals surface area contributed by atoms with Crippen molar-refractivity contribution in [2.24, 2.45) is 0 Å². The molecule has 0 aromatic carbocycles. The van der Waals surface area contributed by atoms with Crippen LogP contribution in [-0.2, 0) is 9.47 Å². The van der Waals surface area contributed by atoms with Gasteiger partial charge in [-0.05, 0) is 41.5 Å². The zero-order chi connectivity index (χ0) is 18.3. The molecular weight excluding hydrogens is 296 g/mol. The number of hydrogen-bond acceptors (Lipinski definition) is 4. The lowest BCUT2D eigenvalue weighted by Crippen LogP contribution is -2.53. The fourth-order valence-electron chi connectivity index (χ4n) is 1.45. The summed E-state index contributed by atoms with van der Waals surface area (Å²) in [6.07, 6.45) is 9.35. The summed E-state index contributed by atoms with van der Waals surface area (Å²) in [6, 6.07) is 0. The molecule has 6 heteroatoms. The maximum Gasteiger partial charge on any atom is 0.430 e. The molecule has 0 spiro atoms. The number of carbonyl (C=O) groups excluding carboxylic acids is 2. The zero-order valence-electron chi connectivity index (χ0n) is 14.8. The van der Waals surface area contributed by atoms with E-state index in [0.29, 0.717) is 0 Å². The first-order chi connectivity index (χ1) is 10.4. The Kier molecular flexibility index (Phi) is 7.49. The second-order valence-electron chi connectivity index (χ2n) is 6.80. The van der Waals surface area contributed by atoms with Gasteiger partial charge in [-0.25, -0.2) is 19.6 Å². The molecule has 128 valence electrons. The molecule has 2 amide bonds. The number of hydrogen-bond donors (Lipinski definition) is 0. The van der Waals surface area contributed by atoms with Gasteiger partial charge in [0, 0.05) is 6.42 Å². The van der Waals surface area contributed by atoms with Gasteiger partial charge in [-0.3, -0.25) is 0 Å². The average molecular weight is 322 g/mol. The predicted octanol–water partition coefficient (Wildman–Crippen LogP) is 3.03. The van der Waals surface area contributed by atoms with Crippen LogP contribution >= 0.6 is 0 Å². The van der Waals surface area contributed by atoms with E-state index >= 15 is 0 Å². The lowest BCUT2D eigenvalue weighted by molar-refractivity contribution is -0.0569. The minimum absolute atomic E-state index is 0.0896. The highest BCUT2D eigenvalue weighted by molar-refractivity contribution is 5.75. The second kappa shape index (κ2) is 8.33. The molecule has 0 saturated heterocycles. The van der Waals surface area contributed by atoms with Gasteiger partial charge in [0.2, 0.25) is 0 Å². The minimum atomic E-state index is -0.738. The second-order valence-corrected chi connectivity index (χ2v) is 6.80. The fraction of sp³-hybridized carbons (Fsp3) is 0.647. The van der Waals surface area contributed by atoms with E-state index in [9.17, 15) is 9.59 Å². The molecule has 0 radical (unpaired) electrons. The van der Waals surface area contributed by atoms with Gasteiger partial charge < -0.3 is 9.47 Å². The molecule has 6 nitrogen and oxygen atoms in total. The van der Waals surface area contributed by atoms with Crippen LogP contribution in [0.1, 0.15) is 48.0 Å². The van der Waals surface area contributed by atoms with E-state index in [-0.39, 0.29) is 19.5 Å². The third-order valence-electron chi connectivity index (χ3n) is 2.21. The molecule has 0 aliphatic rings. The topological polar surface area (TPSA) is 59.1 Å². The smallest absolute Gasteiger partial charge is 0.430 e. The Bertz CT molecular complexity index is 501. The van der Waals surface area contributed by atoms with Gasteiger partial charge in [0.1, 0.15) is 17.7 Å². The van der Waals surface area contributed by atoms with Crippen LogP contribution < -0.4 is 0 Å². The first kappa shape index (κ1) is 20.7. The summed E-state index contributed by atoms with van der Waals surface area (Å²) in [7, 11) is 0. The van der Waals surface area contributed by atoms with E-state index in [1.54, 1.807) is 41.5 Å². The predicted molar refractivity (Wildman–Crippen MR) is 88.2 cm³/mol. The van der Waals surface area contributed by atoms with Crippen molar-refractivity contribution in [1.29, 1.82) is 0 Å². The fourth-order valence-corrected chi connectivity index (χ4v) is 1.45. The SMILES string of the molecule is C#CCCN(C(=O)OC(C)(C)C)N(CC#C)C(=O)OC(C)(C)C. The molecule has 0 aromatic heterocycles. The number of nitrogens with zero attached hydrogens (tertiary/aromatic N) is 2. The summed E-state index contributed by atoms with van der Waals surface area (Å²) in [6.45, 7) is 10.3. The van der Waals surface area contributed by atoms with Crippen molar-refractivity contribution in [2.75, 3.05) is 13.1 Å². The Balaban J connectivity index is 5.41. The van der Waals surface area contributed by atoms with Crippen molar-refractivity contribution in [3.05, 3.63) is 0 Å². The van der Waals surface area contributed by atoms with Crippen LogP contribution in [0.3, 0.4) is 0 Å². The standard InChI is InChI=1S/C17H26N2O4/c1-9-11-13-19(15(21)23-17(6,7)8)18(12-10-2)14(20)22-16(3,4)5/h1-2H,11-13H2,3-8H3. The molecule has 0 bridgehead atoms. The molecule has 0 aliphatic heterocycles. The Hall–Kier alpha value is -2.34. The molecule has 0 fully saturated rings. The van der Waals surface area contributed by atoms with Crippen LogP contribution in [0, 0.1) is 24.7 Å². The number of ether oxygens (including phenoxy) is 2. The van der Waals surface area contributed by atoms with Crippen LogP contribution in [0.15, 0.2) is 0 Å². The van der Waals surface area contributed by atoms with Crippen molar-refractivity contribution in [3.63, 3.8) is 0 Å². The molecule has 0 aromatic rings. The van der Waals surface area contributed by atoms with Gasteiger partial charge in [-0.1, -0.05) is 5.92 Å². The Morgan fingerprint density at radius 3 is 1.65 bits per heavy atom. The van der Waals surface area contributed by atoms with Gasteiger partial charge in [0.05, 0.1) is 6.54 Å². The summed E-state index contributed by atoms with van der Waals surface area (Å²) in [5, 5.41) is 2.11. The maximum absolute atomic E-state index is 12.4. The highest BCUT2D eigenvalue weighted by atomic mass is 16.6. The van der Waals surface area contributed by atoms with Crippen molar-refractivity contribution in [3.8, 4) is 24.7 Å². The molecule has 0 N–H and O–H groups in total. The van der Waals surface area contributed by atoms with Gasteiger partial charge in [0.15, 0.2) is 0 Å². The lowest BCUT2D eigenvalue weighted by atomic mass is 10.2. The molecule has 23 heavy (non-hydrogen) atoms. The third kappa shape index (κ3) is 8.63. The first-order valence-corrected chi connectivity index (χ1v) is 7.29. The Morgan fingerprint density at radius 1 is 0.870 bits per heavy atom. The molecule has 0 unspecified atom stereocenters. The molecule has 0 atom stereocenters. The average Bonchev–Trinajstić information content (AvgIpc) is 2.33. The van der Waals surface area contributed by atoms with Gasteiger partial charge in [0.25, 0.3) is 0 Å². The summed E-state index contributed by atoms with van der Waals surface area (Å²) < 4.78 is 10.6. The zero-order valence-corrected chi connectivity index (χ0v) is 14.8. The van der Waals surface area contributed by atoms with Gasteiger partial charge in [-0.15, -0.1) is 18.8 Å². The minimum Gasteiger partial charge on any atom is -0.442 e. The first-order valence-electron chi connectivity index (χ1n) is 7.29. The van der Waals surface area contributed by atoms with Crippen LogP contribution in [-0.4, -0.2) is 46.5 Å². The van der Waals surface area contributed by atoms with Crippen molar-refractivity contribution < 1.29 is 19.1 Å². The highest BCUT2D eigenvalue weighted by Crippen LogP contribution is 2.15. The number of rotatable bonds is 3. The van der Waals surface area contributed by atoms with Crippen molar-refractivity contribution in [2.45, 2.75) is 59.2 Å². The van der Waals surface area contributed by atoms with E-state index in [4.69, 9.17) is 22.3 Å².